The highest BCUT2D eigenvalue weighted by Gasteiger charge is 2.79. The topological polar surface area (TPSA) is 90.4 Å². The molecule has 6 atom stereocenters. The smallest absolute Gasteiger partial charge is 0.248 e. The van der Waals surface area contributed by atoms with Crippen LogP contribution < -0.4 is 4.90 Å². The Morgan fingerprint density at radius 1 is 1.10 bits per heavy atom. The van der Waals surface area contributed by atoms with E-state index in [2.05, 4.69) is 20.1 Å². The minimum atomic E-state index is -1.07. The highest BCUT2D eigenvalue weighted by molar-refractivity contribution is 6.03. The predicted molar refractivity (Wildman–Crippen MR) is 165 cm³/mol. The number of amides is 3. The van der Waals surface area contributed by atoms with Crippen LogP contribution in [0.1, 0.15) is 72.1 Å². The number of hydrogen-bond donors (Lipinski definition) is 1. The SMILES string of the molecule is C=CCN(C(=O)[C@H]1[C@H]2C(=O)N(CCCCCO)C(C(=O)N(CC=C)C(C)CCC)C23CC[C@]1(CC)O3)c1ccccc1. The first kappa shape index (κ1) is 32.0. The molecule has 3 fully saturated rings. The summed E-state index contributed by atoms with van der Waals surface area (Å²) in [4.78, 5) is 49.0. The Hall–Kier alpha value is -2.97. The molecule has 1 aromatic carbocycles. The van der Waals surface area contributed by atoms with Gasteiger partial charge in [0.1, 0.15) is 11.6 Å². The molecule has 3 amide bonds. The van der Waals surface area contributed by atoms with Gasteiger partial charge in [0.25, 0.3) is 0 Å². The van der Waals surface area contributed by atoms with E-state index in [-0.39, 0.29) is 30.4 Å². The fourth-order valence-electron chi connectivity index (χ4n) is 7.77. The molecule has 3 aliphatic rings. The van der Waals surface area contributed by atoms with Crippen molar-refractivity contribution in [2.45, 2.75) is 95.4 Å². The molecule has 8 nitrogen and oxygen atoms in total. The number of carbonyl (C=O) groups is 3. The van der Waals surface area contributed by atoms with Crippen molar-refractivity contribution < 1.29 is 24.2 Å². The van der Waals surface area contributed by atoms with Crippen LogP contribution in [0, 0.1) is 11.8 Å². The van der Waals surface area contributed by atoms with E-state index in [9.17, 15) is 19.5 Å². The second-order valence-electron chi connectivity index (χ2n) is 12.1. The number of unbranched alkanes of at least 4 members (excludes halogenated alkanes) is 2. The van der Waals surface area contributed by atoms with Crippen molar-refractivity contribution >= 4 is 23.4 Å². The fourth-order valence-corrected chi connectivity index (χ4v) is 7.77. The monoisotopic (exact) mass is 579 g/mol. The standard InChI is InChI=1S/C34H49N3O5/c1-6-16-25(5)35(21-7-2)32(41)29-34-20-19-33(9-4,42-34)27(28(34)31(40)37(29)23-14-11-15-24-38)30(39)36(22-8-3)26-17-12-10-13-18-26/h7-8,10,12-13,17-18,25,27-29,38H,2-3,6,9,11,14-16,19-24H2,1,4-5H3/t25?,27-,28+,29?,33+,34?/m1/s1. The van der Waals surface area contributed by atoms with E-state index in [1.54, 1.807) is 22.0 Å². The number of hydrogen-bond acceptors (Lipinski definition) is 5. The first-order valence-electron chi connectivity index (χ1n) is 15.8. The van der Waals surface area contributed by atoms with Gasteiger partial charge in [-0.2, -0.15) is 0 Å². The van der Waals surface area contributed by atoms with Crippen molar-refractivity contribution in [1.82, 2.24) is 9.80 Å². The number of ether oxygens (including phenoxy) is 1. The number of rotatable bonds is 16. The Kier molecular flexibility index (Phi) is 10.3. The summed E-state index contributed by atoms with van der Waals surface area (Å²) in [5.41, 5.74) is -1.13. The molecule has 42 heavy (non-hydrogen) atoms. The lowest BCUT2D eigenvalue weighted by Crippen LogP contribution is -2.58. The van der Waals surface area contributed by atoms with E-state index in [4.69, 9.17) is 4.74 Å². The lowest BCUT2D eigenvalue weighted by molar-refractivity contribution is -0.154. The molecule has 8 heteroatoms. The van der Waals surface area contributed by atoms with E-state index in [1.165, 1.54) is 0 Å². The molecule has 1 N–H and O–H groups in total. The van der Waals surface area contributed by atoms with Gasteiger partial charge in [-0.25, -0.2) is 0 Å². The molecule has 3 saturated heterocycles. The minimum absolute atomic E-state index is 0.0281. The first-order valence-corrected chi connectivity index (χ1v) is 15.8. The van der Waals surface area contributed by atoms with Gasteiger partial charge in [0.05, 0.1) is 17.4 Å². The largest absolute Gasteiger partial charge is 0.396 e. The summed E-state index contributed by atoms with van der Waals surface area (Å²) in [6.45, 7) is 15.1. The van der Waals surface area contributed by atoms with Crippen LogP contribution in [-0.4, -0.2) is 82.2 Å². The Morgan fingerprint density at radius 3 is 2.43 bits per heavy atom. The van der Waals surface area contributed by atoms with Gasteiger partial charge in [0.2, 0.25) is 17.7 Å². The summed E-state index contributed by atoms with van der Waals surface area (Å²) in [5, 5.41) is 9.33. The highest BCUT2D eigenvalue weighted by Crippen LogP contribution is 2.64. The molecule has 1 spiro atoms. The number of para-hydroxylation sites is 1. The molecular formula is C34H49N3O5. The second-order valence-corrected chi connectivity index (χ2v) is 12.1. The Morgan fingerprint density at radius 2 is 1.81 bits per heavy atom. The van der Waals surface area contributed by atoms with E-state index in [0.29, 0.717) is 51.7 Å². The lowest BCUT2D eigenvalue weighted by Gasteiger charge is -2.39. The number of carbonyl (C=O) groups excluding carboxylic acids is 3. The molecule has 4 rings (SSSR count). The fraction of sp³-hybridized carbons (Fsp3) is 0.618. The molecule has 3 unspecified atom stereocenters. The van der Waals surface area contributed by atoms with Crippen molar-refractivity contribution in [2.24, 2.45) is 11.8 Å². The van der Waals surface area contributed by atoms with Crippen LogP contribution in [0.4, 0.5) is 5.69 Å². The summed E-state index contributed by atoms with van der Waals surface area (Å²) in [6, 6.07) is 8.64. The average molecular weight is 580 g/mol. The normalized spacial score (nSPS) is 28.4. The van der Waals surface area contributed by atoms with Crippen molar-refractivity contribution in [3.8, 4) is 0 Å². The molecule has 2 bridgehead atoms. The van der Waals surface area contributed by atoms with E-state index < -0.39 is 29.1 Å². The first-order chi connectivity index (χ1) is 20.3. The minimum Gasteiger partial charge on any atom is -0.396 e. The van der Waals surface area contributed by atoms with Crippen LogP contribution in [0.2, 0.25) is 0 Å². The zero-order valence-corrected chi connectivity index (χ0v) is 25.7. The van der Waals surface area contributed by atoms with E-state index in [0.717, 1.165) is 24.9 Å². The Bertz CT molecular complexity index is 1140. The maximum absolute atomic E-state index is 14.6. The average Bonchev–Trinajstić information content (AvgIpc) is 3.60. The number of benzene rings is 1. The van der Waals surface area contributed by atoms with Gasteiger partial charge < -0.3 is 24.5 Å². The third kappa shape index (κ3) is 5.44. The van der Waals surface area contributed by atoms with Gasteiger partial charge in [0, 0.05) is 38.0 Å². The van der Waals surface area contributed by atoms with Gasteiger partial charge in [0.15, 0.2) is 0 Å². The number of nitrogens with zero attached hydrogens (tertiary/aromatic N) is 3. The maximum Gasteiger partial charge on any atom is 0.248 e. The van der Waals surface area contributed by atoms with Crippen LogP contribution in [0.15, 0.2) is 55.6 Å². The van der Waals surface area contributed by atoms with Crippen LogP contribution in [0.3, 0.4) is 0 Å². The molecule has 0 saturated carbocycles. The van der Waals surface area contributed by atoms with Crippen molar-refractivity contribution in [2.75, 3.05) is 31.1 Å². The molecule has 230 valence electrons. The van der Waals surface area contributed by atoms with Crippen LogP contribution in [-0.2, 0) is 19.1 Å². The van der Waals surface area contributed by atoms with Crippen LogP contribution >= 0.6 is 0 Å². The maximum atomic E-state index is 14.6. The predicted octanol–water partition coefficient (Wildman–Crippen LogP) is 4.73. The molecule has 1 aromatic rings. The summed E-state index contributed by atoms with van der Waals surface area (Å²) in [6.07, 6.45) is 8.99. The summed E-state index contributed by atoms with van der Waals surface area (Å²) >= 11 is 0. The molecule has 3 aliphatic heterocycles. The van der Waals surface area contributed by atoms with Crippen molar-refractivity contribution in [1.29, 1.82) is 0 Å². The van der Waals surface area contributed by atoms with Gasteiger partial charge in [-0.1, -0.05) is 50.6 Å². The quantitative estimate of drug-likeness (QED) is 0.226. The lowest BCUT2D eigenvalue weighted by atomic mass is 9.64. The van der Waals surface area contributed by atoms with Crippen molar-refractivity contribution in [3.63, 3.8) is 0 Å². The van der Waals surface area contributed by atoms with Crippen LogP contribution in [0.25, 0.3) is 0 Å². The number of aliphatic hydroxyl groups excluding tert-OH is 1. The highest BCUT2D eigenvalue weighted by atomic mass is 16.5. The van der Waals surface area contributed by atoms with Gasteiger partial charge in [-0.05, 0) is 64.0 Å². The van der Waals surface area contributed by atoms with E-state index >= 15 is 0 Å². The number of likely N-dealkylation sites (tertiary alicyclic amines) is 1. The second kappa shape index (κ2) is 13.6. The molecule has 3 heterocycles. The van der Waals surface area contributed by atoms with E-state index in [1.807, 2.05) is 49.1 Å². The summed E-state index contributed by atoms with van der Waals surface area (Å²) in [5.74, 6) is -1.89. The van der Waals surface area contributed by atoms with Crippen LogP contribution in [0.5, 0.6) is 0 Å². The number of aliphatic hydroxyl groups is 1. The van der Waals surface area contributed by atoms with Crippen molar-refractivity contribution in [3.05, 3.63) is 55.6 Å². The molecular weight excluding hydrogens is 530 g/mol. The zero-order valence-electron chi connectivity index (χ0n) is 25.7. The third-order valence-electron chi connectivity index (χ3n) is 9.73. The number of anilines is 1. The Balaban J connectivity index is 1.79. The third-order valence-corrected chi connectivity index (χ3v) is 9.73. The Labute approximate surface area is 251 Å². The molecule has 0 radical (unpaired) electrons. The van der Waals surface area contributed by atoms with Gasteiger partial charge in [-0.3, -0.25) is 14.4 Å². The summed E-state index contributed by atoms with van der Waals surface area (Å²) in [7, 11) is 0. The summed E-state index contributed by atoms with van der Waals surface area (Å²) < 4.78 is 7.00. The van der Waals surface area contributed by atoms with Gasteiger partial charge in [-0.15, -0.1) is 13.2 Å². The van der Waals surface area contributed by atoms with Gasteiger partial charge >= 0.3 is 0 Å². The molecule has 0 aromatic heterocycles. The zero-order chi connectivity index (χ0) is 30.5. The number of fused-ring (bicyclic) bond motifs is 1. The molecule has 0 aliphatic carbocycles.